The topological polar surface area (TPSA) is 29.9 Å². The maximum atomic E-state index is 6.25. The van der Waals surface area contributed by atoms with Crippen LogP contribution in [0, 0.1) is 18.8 Å². The summed E-state index contributed by atoms with van der Waals surface area (Å²) >= 11 is 6.25. The maximum Gasteiger partial charge on any atom is 0.0860 e. The van der Waals surface area contributed by atoms with Crippen molar-refractivity contribution in [3.05, 3.63) is 16.4 Å². The molecule has 0 bridgehead atoms. The van der Waals surface area contributed by atoms with Gasteiger partial charge in [0.05, 0.1) is 16.4 Å². The van der Waals surface area contributed by atoms with E-state index < -0.39 is 0 Å². The predicted molar refractivity (Wildman–Crippen MR) is 80.4 cm³/mol. The van der Waals surface area contributed by atoms with Gasteiger partial charge in [-0.15, -0.1) is 0 Å². The van der Waals surface area contributed by atoms with Crippen molar-refractivity contribution < 1.29 is 0 Å². The molecule has 0 aromatic carbocycles. The van der Waals surface area contributed by atoms with Crippen LogP contribution in [0.5, 0.6) is 0 Å². The lowest BCUT2D eigenvalue weighted by atomic mass is 9.81. The second-order valence-corrected chi connectivity index (χ2v) is 6.27. The minimum absolute atomic E-state index is 0.810. The highest BCUT2D eigenvalue weighted by molar-refractivity contribution is 6.31. The first-order valence-electron chi connectivity index (χ1n) is 7.50. The van der Waals surface area contributed by atoms with Gasteiger partial charge >= 0.3 is 0 Å². The molecule has 1 aromatic rings. The molecule has 1 N–H and O–H groups in total. The van der Waals surface area contributed by atoms with Gasteiger partial charge in [0.2, 0.25) is 0 Å². The van der Waals surface area contributed by atoms with Crippen LogP contribution in [0.2, 0.25) is 5.02 Å². The largest absolute Gasteiger partial charge is 0.311 e. The summed E-state index contributed by atoms with van der Waals surface area (Å²) in [6.07, 6.45) is 6.93. The van der Waals surface area contributed by atoms with Gasteiger partial charge in [-0.1, -0.05) is 37.8 Å². The second kappa shape index (κ2) is 6.76. The van der Waals surface area contributed by atoms with E-state index in [-0.39, 0.29) is 0 Å². The van der Waals surface area contributed by atoms with Gasteiger partial charge in [0.15, 0.2) is 0 Å². The molecule has 1 fully saturated rings. The number of aromatic nitrogens is 2. The zero-order valence-corrected chi connectivity index (χ0v) is 13.1. The first kappa shape index (κ1) is 14.9. The lowest BCUT2D eigenvalue weighted by Crippen LogP contribution is -2.26. The van der Waals surface area contributed by atoms with Gasteiger partial charge in [0, 0.05) is 13.6 Å². The van der Waals surface area contributed by atoms with Crippen LogP contribution in [0.1, 0.15) is 50.4 Å². The van der Waals surface area contributed by atoms with Crippen molar-refractivity contribution >= 4 is 11.6 Å². The van der Waals surface area contributed by atoms with Crippen molar-refractivity contribution in [2.75, 3.05) is 6.54 Å². The van der Waals surface area contributed by atoms with Crippen molar-refractivity contribution in [1.82, 2.24) is 15.1 Å². The molecule has 0 aliphatic heterocycles. The minimum atomic E-state index is 0.810. The zero-order chi connectivity index (χ0) is 13.8. The van der Waals surface area contributed by atoms with E-state index in [9.17, 15) is 0 Å². The Hall–Kier alpha value is -0.540. The number of hydrogen-bond acceptors (Lipinski definition) is 2. The molecule has 1 aliphatic rings. The van der Waals surface area contributed by atoms with Gasteiger partial charge < -0.3 is 5.32 Å². The first-order chi connectivity index (χ1) is 9.11. The third-order valence-electron chi connectivity index (χ3n) is 4.53. The minimum Gasteiger partial charge on any atom is -0.311 e. The SMILES string of the molecule is CCC1CCC(CNCc2c(Cl)c(C)nn2C)CC1. The van der Waals surface area contributed by atoms with E-state index in [4.69, 9.17) is 11.6 Å². The molecule has 0 unspecified atom stereocenters. The van der Waals surface area contributed by atoms with Crippen molar-refractivity contribution in [3.8, 4) is 0 Å². The Morgan fingerprint density at radius 2 is 1.89 bits per heavy atom. The molecular formula is C15H26ClN3. The van der Waals surface area contributed by atoms with E-state index in [0.717, 1.165) is 41.3 Å². The van der Waals surface area contributed by atoms with E-state index in [1.165, 1.54) is 32.1 Å². The molecule has 0 atom stereocenters. The molecule has 0 amide bonds. The third-order valence-corrected chi connectivity index (χ3v) is 5.02. The molecule has 0 spiro atoms. The molecule has 0 saturated heterocycles. The standard InChI is InChI=1S/C15H26ClN3/c1-4-12-5-7-13(8-6-12)9-17-10-14-15(16)11(2)18-19(14)3/h12-13,17H,4-10H2,1-3H3. The molecule has 2 rings (SSSR count). The van der Waals surface area contributed by atoms with E-state index in [1.807, 2.05) is 18.7 Å². The quantitative estimate of drug-likeness (QED) is 0.893. The normalized spacial score (nSPS) is 23.8. The number of rotatable bonds is 5. The van der Waals surface area contributed by atoms with Crippen LogP contribution >= 0.6 is 11.6 Å². The number of hydrogen-bond donors (Lipinski definition) is 1. The Morgan fingerprint density at radius 1 is 1.26 bits per heavy atom. The highest BCUT2D eigenvalue weighted by Crippen LogP contribution is 2.30. The number of nitrogens with one attached hydrogen (secondary N) is 1. The van der Waals surface area contributed by atoms with Crippen LogP contribution in [-0.2, 0) is 13.6 Å². The fourth-order valence-electron chi connectivity index (χ4n) is 3.11. The smallest absolute Gasteiger partial charge is 0.0860 e. The van der Waals surface area contributed by atoms with E-state index >= 15 is 0 Å². The molecule has 1 heterocycles. The average molecular weight is 284 g/mol. The number of nitrogens with zero attached hydrogens (tertiary/aromatic N) is 2. The van der Waals surface area contributed by atoms with Crippen LogP contribution < -0.4 is 5.32 Å². The molecule has 108 valence electrons. The van der Waals surface area contributed by atoms with Gasteiger partial charge in [0.25, 0.3) is 0 Å². The van der Waals surface area contributed by atoms with Crippen molar-refractivity contribution in [2.45, 2.75) is 52.5 Å². The molecule has 1 saturated carbocycles. The molecule has 4 heteroatoms. The molecule has 19 heavy (non-hydrogen) atoms. The zero-order valence-electron chi connectivity index (χ0n) is 12.4. The molecule has 1 aromatic heterocycles. The van der Waals surface area contributed by atoms with E-state index in [0.29, 0.717) is 0 Å². The summed E-state index contributed by atoms with van der Waals surface area (Å²) in [5.41, 5.74) is 2.02. The molecule has 0 radical (unpaired) electrons. The van der Waals surface area contributed by atoms with Crippen LogP contribution in [-0.4, -0.2) is 16.3 Å². The van der Waals surface area contributed by atoms with Gasteiger partial charge in [0.1, 0.15) is 0 Å². The summed E-state index contributed by atoms with van der Waals surface area (Å²) in [6.45, 7) is 6.20. The number of halogens is 1. The van der Waals surface area contributed by atoms with Crippen molar-refractivity contribution in [2.24, 2.45) is 18.9 Å². The number of aryl methyl sites for hydroxylation is 2. The Bertz CT molecular complexity index is 406. The predicted octanol–water partition coefficient (Wildman–Crippen LogP) is 3.69. The Balaban J connectivity index is 1.75. The summed E-state index contributed by atoms with van der Waals surface area (Å²) in [7, 11) is 1.96. The lowest BCUT2D eigenvalue weighted by Gasteiger charge is -2.27. The van der Waals surface area contributed by atoms with E-state index in [1.54, 1.807) is 0 Å². The average Bonchev–Trinajstić information content (AvgIpc) is 2.66. The summed E-state index contributed by atoms with van der Waals surface area (Å²) < 4.78 is 1.89. The second-order valence-electron chi connectivity index (χ2n) is 5.90. The summed E-state index contributed by atoms with van der Waals surface area (Å²) in [6, 6.07) is 0. The first-order valence-corrected chi connectivity index (χ1v) is 7.88. The Morgan fingerprint density at radius 3 is 2.42 bits per heavy atom. The third kappa shape index (κ3) is 3.73. The highest BCUT2D eigenvalue weighted by atomic mass is 35.5. The van der Waals surface area contributed by atoms with E-state index in [2.05, 4.69) is 17.3 Å². The van der Waals surface area contributed by atoms with Crippen LogP contribution in [0.25, 0.3) is 0 Å². The fourth-order valence-corrected chi connectivity index (χ4v) is 3.34. The Kier molecular flexibility index (Phi) is 5.28. The molecule has 1 aliphatic carbocycles. The highest BCUT2D eigenvalue weighted by Gasteiger charge is 2.19. The van der Waals surface area contributed by atoms with Crippen LogP contribution in [0.4, 0.5) is 0 Å². The summed E-state index contributed by atoms with van der Waals surface area (Å²) in [4.78, 5) is 0. The fraction of sp³-hybridized carbons (Fsp3) is 0.800. The summed E-state index contributed by atoms with van der Waals surface area (Å²) in [5, 5.41) is 8.71. The van der Waals surface area contributed by atoms with Gasteiger partial charge in [-0.3, -0.25) is 4.68 Å². The van der Waals surface area contributed by atoms with Crippen molar-refractivity contribution in [3.63, 3.8) is 0 Å². The summed E-state index contributed by atoms with van der Waals surface area (Å²) in [5.74, 6) is 1.82. The van der Waals surface area contributed by atoms with Gasteiger partial charge in [-0.05, 0) is 38.1 Å². The Labute approximate surface area is 121 Å². The van der Waals surface area contributed by atoms with Crippen molar-refractivity contribution in [1.29, 1.82) is 0 Å². The van der Waals surface area contributed by atoms with Crippen LogP contribution in [0.3, 0.4) is 0 Å². The van der Waals surface area contributed by atoms with Gasteiger partial charge in [-0.2, -0.15) is 5.10 Å². The molecule has 3 nitrogen and oxygen atoms in total. The van der Waals surface area contributed by atoms with Gasteiger partial charge in [-0.25, -0.2) is 0 Å². The van der Waals surface area contributed by atoms with Crippen LogP contribution in [0.15, 0.2) is 0 Å². The monoisotopic (exact) mass is 283 g/mol. The maximum absolute atomic E-state index is 6.25. The lowest BCUT2D eigenvalue weighted by molar-refractivity contribution is 0.262. The molecular weight excluding hydrogens is 258 g/mol.